The second kappa shape index (κ2) is 9.01. The highest BCUT2D eigenvalue weighted by molar-refractivity contribution is 6.34. The van der Waals surface area contributed by atoms with Crippen LogP contribution in [0.2, 0.25) is 5.02 Å². The van der Waals surface area contributed by atoms with Gasteiger partial charge in [-0.25, -0.2) is 9.37 Å². The van der Waals surface area contributed by atoms with Crippen molar-refractivity contribution < 1.29 is 18.7 Å². The summed E-state index contributed by atoms with van der Waals surface area (Å²) in [6.45, 7) is 3.53. The van der Waals surface area contributed by atoms with Gasteiger partial charge >= 0.3 is 0 Å². The standard InChI is InChI=1S/C19H21ClFN3O3/c1-2-26-17-8-6-14(20)18(24-17)19(25)23-12-5-7-16(15(21)10-12)22-11-13-4-3-9-27-13/h5-8,10,13,22H,2-4,9,11H2,1H3,(H,23,25)/t13-/m1/s1. The number of halogens is 2. The molecule has 0 spiro atoms. The van der Waals surface area contributed by atoms with Gasteiger partial charge < -0.3 is 20.1 Å². The average molecular weight is 394 g/mol. The maximum atomic E-state index is 14.3. The molecule has 0 saturated carbocycles. The lowest BCUT2D eigenvalue weighted by molar-refractivity contribution is 0.102. The zero-order valence-corrected chi connectivity index (χ0v) is 15.7. The van der Waals surface area contributed by atoms with Crippen LogP contribution in [0.5, 0.6) is 5.88 Å². The fraction of sp³-hybridized carbons (Fsp3) is 0.368. The summed E-state index contributed by atoms with van der Waals surface area (Å²) < 4.78 is 25.1. The first kappa shape index (κ1) is 19.4. The van der Waals surface area contributed by atoms with Crippen LogP contribution in [-0.4, -0.2) is 36.8 Å². The molecule has 1 aromatic heterocycles. The van der Waals surface area contributed by atoms with Gasteiger partial charge in [-0.15, -0.1) is 0 Å². The summed E-state index contributed by atoms with van der Waals surface area (Å²) in [5.74, 6) is -0.708. The molecule has 1 fully saturated rings. The Balaban J connectivity index is 1.65. The third kappa shape index (κ3) is 5.08. The van der Waals surface area contributed by atoms with E-state index in [2.05, 4.69) is 15.6 Å². The molecule has 2 N–H and O–H groups in total. The summed E-state index contributed by atoms with van der Waals surface area (Å²) in [6, 6.07) is 7.55. The van der Waals surface area contributed by atoms with E-state index < -0.39 is 11.7 Å². The van der Waals surface area contributed by atoms with E-state index in [1.54, 1.807) is 18.2 Å². The van der Waals surface area contributed by atoms with E-state index in [1.165, 1.54) is 12.1 Å². The molecule has 3 rings (SSSR count). The molecule has 1 aromatic carbocycles. The largest absolute Gasteiger partial charge is 0.478 e. The monoisotopic (exact) mass is 393 g/mol. The minimum Gasteiger partial charge on any atom is -0.478 e. The molecule has 1 saturated heterocycles. The van der Waals surface area contributed by atoms with E-state index in [1.807, 2.05) is 6.92 Å². The van der Waals surface area contributed by atoms with Gasteiger partial charge in [0.1, 0.15) is 5.82 Å². The molecule has 1 aliphatic heterocycles. The molecule has 0 bridgehead atoms. The number of hydrogen-bond acceptors (Lipinski definition) is 5. The molecular weight excluding hydrogens is 373 g/mol. The van der Waals surface area contributed by atoms with Crippen molar-refractivity contribution in [1.82, 2.24) is 4.98 Å². The molecule has 1 aliphatic rings. The minimum absolute atomic E-state index is 0.0172. The lowest BCUT2D eigenvalue weighted by Gasteiger charge is -2.13. The summed E-state index contributed by atoms with van der Waals surface area (Å²) in [6.07, 6.45) is 2.10. The highest BCUT2D eigenvalue weighted by atomic mass is 35.5. The summed E-state index contributed by atoms with van der Waals surface area (Å²) in [5, 5.41) is 5.82. The van der Waals surface area contributed by atoms with Crippen LogP contribution in [0.25, 0.3) is 0 Å². The third-order valence-corrected chi connectivity index (χ3v) is 4.40. The first-order valence-electron chi connectivity index (χ1n) is 8.82. The number of nitrogens with zero attached hydrogens (tertiary/aromatic N) is 1. The Morgan fingerprint density at radius 3 is 2.96 bits per heavy atom. The van der Waals surface area contributed by atoms with E-state index in [0.717, 1.165) is 19.4 Å². The van der Waals surface area contributed by atoms with Crippen LogP contribution in [0.4, 0.5) is 15.8 Å². The Hall–Kier alpha value is -2.38. The van der Waals surface area contributed by atoms with Gasteiger partial charge in [-0.1, -0.05) is 11.6 Å². The van der Waals surface area contributed by atoms with Crippen molar-refractivity contribution in [2.75, 3.05) is 30.4 Å². The minimum atomic E-state index is -0.541. The smallest absolute Gasteiger partial charge is 0.275 e. The van der Waals surface area contributed by atoms with Crippen LogP contribution in [0.1, 0.15) is 30.3 Å². The Morgan fingerprint density at radius 2 is 2.26 bits per heavy atom. The van der Waals surface area contributed by atoms with Gasteiger partial charge in [0.15, 0.2) is 5.69 Å². The van der Waals surface area contributed by atoms with Crippen LogP contribution in [0, 0.1) is 5.82 Å². The molecule has 1 atom stereocenters. The Labute approximate surface area is 162 Å². The number of carbonyl (C=O) groups is 1. The van der Waals surface area contributed by atoms with Gasteiger partial charge in [0.2, 0.25) is 5.88 Å². The molecule has 6 nitrogen and oxygen atoms in total. The van der Waals surface area contributed by atoms with Gasteiger partial charge in [0.25, 0.3) is 5.91 Å². The average Bonchev–Trinajstić information content (AvgIpc) is 3.16. The molecule has 2 aromatic rings. The SMILES string of the molecule is CCOc1ccc(Cl)c(C(=O)Nc2ccc(NC[C@H]3CCCO3)c(F)c2)n1. The van der Waals surface area contributed by atoms with Crippen LogP contribution in [-0.2, 0) is 4.74 Å². The van der Waals surface area contributed by atoms with Crippen molar-refractivity contribution in [3.63, 3.8) is 0 Å². The number of ether oxygens (including phenoxy) is 2. The summed E-state index contributed by atoms with van der Waals surface area (Å²) in [5.41, 5.74) is 0.682. The van der Waals surface area contributed by atoms with E-state index in [9.17, 15) is 9.18 Å². The molecule has 144 valence electrons. The van der Waals surface area contributed by atoms with Crippen molar-refractivity contribution in [2.45, 2.75) is 25.9 Å². The van der Waals surface area contributed by atoms with Gasteiger partial charge in [-0.3, -0.25) is 4.79 Å². The Morgan fingerprint density at radius 1 is 1.41 bits per heavy atom. The highest BCUT2D eigenvalue weighted by Crippen LogP contribution is 2.23. The summed E-state index contributed by atoms with van der Waals surface area (Å²) >= 11 is 6.04. The van der Waals surface area contributed by atoms with Gasteiger partial charge in [-0.2, -0.15) is 0 Å². The number of rotatable bonds is 7. The Bertz CT molecular complexity index is 813. The number of nitrogens with one attached hydrogen (secondary N) is 2. The highest BCUT2D eigenvalue weighted by Gasteiger charge is 2.17. The summed E-state index contributed by atoms with van der Waals surface area (Å²) in [7, 11) is 0. The van der Waals surface area contributed by atoms with Crippen molar-refractivity contribution in [2.24, 2.45) is 0 Å². The zero-order valence-electron chi connectivity index (χ0n) is 14.9. The molecule has 0 unspecified atom stereocenters. The molecule has 27 heavy (non-hydrogen) atoms. The van der Waals surface area contributed by atoms with Gasteiger partial charge in [-0.05, 0) is 44.0 Å². The fourth-order valence-electron chi connectivity index (χ4n) is 2.77. The van der Waals surface area contributed by atoms with E-state index >= 15 is 0 Å². The van der Waals surface area contributed by atoms with E-state index in [4.69, 9.17) is 21.1 Å². The van der Waals surface area contributed by atoms with E-state index in [-0.39, 0.29) is 16.8 Å². The maximum absolute atomic E-state index is 14.3. The van der Waals surface area contributed by atoms with Crippen LogP contribution >= 0.6 is 11.6 Å². The van der Waals surface area contributed by atoms with Crippen molar-refractivity contribution >= 4 is 28.9 Å². The predicted molar refractivity (Wildman–Crippen MR) is 102 cm³/mol. The number of carbonyl (C=O) groups excluding carboxylic acids is 1. The van der Waals surface area contributed by atoms with Gasteiger partial charge in [0, 0.05) is 24.9 Å². The maximum Gasteiger partial charge on any atom is 0.275 e. The van der Waals surface area contributed by atoms with Crippen LogP contribution in [0.3, 0.4) is 0 Å². The predicted octanol–water partition coefficient (Wildman–Crippen LogP) is 4.12. The molecule has 0 radical (unpaired) electrons. The Kier molecular flexibility index (Phi) is 6.47. The first-order chi connectivity index (χ1) is 13.1. The van der Waals surface area contributed by atoms with Crippen molar-refractivity contribution in [1.29, 1.82) is 0 Å². The molecule has 2 heterocycles. The quantitative estimate of drug-likeness (QED) is 0.740. The summed E-state index contributed by atoms with van der Waals surface area (Å²) in [4.78, 5) is 16.5. The fourth-order valence-corrected chi connectivity index (χ4v) is 2.96. The third-order valence-electron chi connectivity index (χ3n) is 4.10. The molecule has 0 aliphatic carbocycles. The van der Waals surface area contributed by atoms with Gasteiger partial charge in [0.05, 0.1) is 23.4 Å². The first-order valence-corrected chi connectivity index (χ1v) is 9.20. The lowest BCUT2D eigenvalue weighted by atomic mass is 10.2. The molecule has 1 amide bonds. The second-order valence-corrected chi connectivity index (χ2v) is 6.48. The van der Waals surface area contributed by atoms with Crippen molar-refractivity contribution in [3.05, 3.63) is 46.9 Å². The number of pyridine rings is 1. The number of aromatic nitrogens is 1. The van der Waals surface area contributed by atoms with Crippen LogP contribution in [0.15, 0.2) is 30.3 Å². The van der Waals surface area contributed by atoms with E-state index in [0.29, 0.717) is 30.4 Å². The normalized spacial score (nSPS) is 16.2. The lowest BCUT2D eigenvalue weighted by Crippen LogP contribution is -2.19. The van der Waals surface area contributed by atoms with Crippen molar-refractivity contribution in [3.8, 4) is 5.88 Å². The molecular formula is C19H21ClFN3O3. The zero-order chi connectivity index (χ0) is 19.2. The molecule has 8 heteroatoms. The second-order valence-electron chi connectivity index (χ2n) is 6.08. The van der Waals surface area contributed by atoms with Crippen LogP contribution < -0.4 is 15.4 Å². The number of amides is 1. The number of anilines is 2. The number of hydrogen-bond donors (Lipinski definition) is 2. The number of benzene rings is 1. The topological polar surface area (TPSA) is 72.5 Å².